The van der Waals surface area contributed by atoms with E-state index in [1.807, 2.05) is 10.9 Å². The van der Waals surface area contributed by atoms with Crippen LogP contribution in [-0.2, 0) is 6.42 Å². The first-order valence-electron chi connectivity index (χ1n) is 7.31. The van der Waals surface area contributed by atoms with Crippen LogP contribution in [0.4, 0.5) is 0 Å². The highest BCUT2D eigenvalue weighted by Gasteiger charge is 2.14. The lowest BCUT2D eigenvalue weighted by atomic mass is 10.0. The van der Waals surface area contributed by atoms with E-state index in [0.717, 1.165) is 28.6 Å². The van der Waals surface area contributed by atoms with Crippen LogP contribution in [0.5, 0.6) is 0 Å². The molecule has 0 amide bonds. The summed E-state index contributed by atoms with van der Waals surface area (Å²) >= 11 is 3.57. The maximum Gasteiger partial charge on any atom is 0.0644 e. The smallest absolute Gasteiger partial charge is 0.0644 e. The van der Waals surface area contributed by atoms with Crippen molar-refractivity contribution < 1.29 is 0 Å². The lowest BCUT2D eigenvalue weighted by Crippen LogP contribution is -2.29. The van der Waals surface area contributed by atoms with Crippen LogP contribution in [0.1, 0.15) is 49.2 Å². The molecule has 2 atom stereocenters. The number of benzene rings is 1. The van der Waals surface area contributed by atoms with Crippen LogP contribution in [0, 0.1) is 6.92 Å². The van der Waals surface area contributed by atoms with Gasteiger partial charge >= 0.3 is 0 Å². The van der Waals surface area contributed by atoms with Gasteiger partial charge in [-0.15, -0.1) is 0 Å². The molecule has 0 saturated heterocycles. The molecule has 0 saturated carbocycles. The van der Waals surface area contributed by atoms with Gasteiger partial charge < -0.3 is 0 Å². The van der Waals surface area contributed by atoms with Crippen LogP contribution in [0.2, 0.25) is 0 Å². The lowest BCUT2D eigenvalue weighted by Gasteiger charge is -2.16. The van der Waals surface area contributed by atoms with Gasteiger partial charge in [0.15, 0.2) is 0 Å². The minimum absolute atomic E-state index is 0.0576. The number of hydrogen-bond donors (Lipinski definition) is 2. The first-order chi connectivity index (χ1) is 10.0. The topological polar surface area (TPSA) is 55.9 Å². The summed E-state index contributed by atoms with van der Waals surface area (Å²) in [6, 6.07) is 8.88. The van der Waals surface area contributed by atoms with Crippen molar-refractivity contribution in [3.05, 3.63) is 51.8 Å². The van der Waals surface area contributed by atoms with Gasteiger partial charge in [0, 0.05) is 23.1 Å². The van der Waals surface area contributed by atoms with Crippen LogP contribution in [0.15, 0.2) is 34.9 Å². The van der Waals surface area contributed by atoms with Crippen LogP contribution in [-0.4, -0.2) is 9.78 Å². The average molecular weight is 351 g/mol. The second kappa shape index (κ2) is 7.20. The maximum atomic E-state index is 5.73. The number of halogens is 1. The van der Waals surface area contributed by atoms with Crippen LogP contribution in [0.3, 0.4) is 0 Å². The van der Waals surface area contributed by atoms with Gasteiger partial charge in [0.1, 0.15) is 0 Å². The van der Waals surface area contributed by atoms with Crippen LogP contribution < -0.4 is 11.3 Å². The van der Waals surface area contributed by atoms with E-state index in [1.54, 1.807) is 0 Å². The average Bonchev–Trinajstić information content (AvgIpc) is 2.95. The SMILES string of the molecule is CCC(C)n1ccc(CC(NN)c2ccc(C)c(Br)c2)n1. The quantitative estimate of drug-likeness (QED) is 0.617. The molecule has 0 aliphatic heterocycles. The van der Waals surface area contributed by atoms with Gasteiger partial charge in [-0.25, -0.2) is 0 Å². The molecule has 2 unspecified atom stereocenters. The molecule has 1 aromatic carbocycles. The Morgan fingerprint density at radius 3 is 2.76 bits per heavy atom. The predicted molar refractivity (Wildman–Crippen MR) is 89.9 cm³/mol. The molecular formula is C16H23BrN4. The number of rotatable bonds is 6. The third-order valence-corrected chi connectivity index (χ3v) is 4.77. The molecule has 3 N–H and O–H groups in total. The lowest BCUT2D eigenvalue weighted by molar-refractivity contribution is 0.467. The number of hydrazine groups is 1. The fourth-order valence-corrected chi connectivity index (χ4v) is 2.62. The van der Waals surface area contributed by atoms with Crippen molar-refractivity contribution in [2.45, 2.75) is 45.7 Å². The standard InChI is InChI=1S/C16H23BrN4/c1-4-12(3)21-8-7-14(20-21)10-16(19-18)13-6-5-11(2)15(17)9-13/h5-9,12,16,19H,4,10,18H2,1-3H3. The second-order valence-corrected chi connectivity index (χ2v) is 6.33. The molecule has 1 heterocycles. The minimum Gasteiger partial charge on any atom is -0.271 e. The van der Waals surface area contributed by atoms with E-state index in [4.69, 9.17) is 5.84 Å². The van der Waals surface area contributed by atoms with E-state index < -0.39 is 0 Å². The van der Waals surface area contributed by atoms with Crippen molar-refractivity contribution >= 4 is 15.9 Å². The summed E-state index contributed by atoms with van der Waals surface area (Å²) in [6.07, 6.45) is 3.89. The molecular weight excluding hydrogens is 328 g/mol. The number of aryl methyl sites for hydroxylation is 1. The summed E-state index contributed by atoms with van der Waals surface area (Å²) in [5.74, 6) is 5.73. The van der Waals surface area contributed by atoms with Crippen LogP contribution >= 0.6 is 15.9 Å². The summed E-state index contributed by atoms with van der Waals surface area (Å²) in [6.45, 7) is 6.42. The van der Waals surface area contributed by atoms with E-state index >= 15 is 0 Å². The molecule has 0 fully saturated rings. The van der Waals surface area contributed by atoms with Crippen molar-refractivity contribution in [1.29, 1.82) is 0 Å². The van der Waals surface area contributed by atoms with E-state index in [-0.39, 0.29) is 6.04 Å². The van der Waals surface area contributed by atoms with Gasteiger partial charge in [-0.3, -0.25) is 16.0 Å². The summed E-state index contributed by atoms with van der Waals surface area (Å²) in [4.78, 5) is 0. The van der Waals surface area contributed by atoms with Crippen LogP contribution in [0.25, 0.3) is 0 Å². The third-order valence-electron chi connectivity index (χ3n) is 3.92. The Balaban J connectivity index is 2.15. The third kappa shape index (κ3) is 3.93. The minimum atomic E-state index is 0.0576. The Morgan fingerprint density at radius 1 is 1.38 bits per heavy atom. The zero-order chi connectivity index (χ0) is 15.4. The highest BCUT2D eigenvalue weighted by atomic mass is 79.9. The molecule has 0 aliphatic rings. The van der Waals surface area contributed by atoms with Crippen molar-refractivity contribution in [3.63, 3.8) is 0 Å². The van der Waals surface area contributed by atoms with Crippen molar-refractivity contribution in [3.8, 4) is 0 Å². The zero-order valence-electron chi connectivity index (χ0n) is 12.8. The van der Waals surface area contributed by atoms with Gasteiger partial charge in [0.25, 0.3) is 0 Å². The van der Waals surface area contributed by atoms with Gasteiger partial charge in [0.2, 0.25) is 0 Å². The Labute approximate surface area is 134 Å². The molecule has 1 aromatic heterocycles. The second-order valence-electron chi connectivity index (χ2n) is 5.48. The Hall–Kier alpha value is -1.17. The molecule has 114 valence electrons. The number of nitrogens with one attached hydrogen (secondary N) is 1. The molecule has 0 bridgehead atoms. The van der Waals surface area contributed by atoms with E-state index in [0.29, 0.717) is 6.04 Å². The molecule has 0 aliphatic carbocycles. The summed E-state index contributed by atoms with van der Waals surface area (Å²) in [5.41, 5.74) is 6.33. The molecule has 5 heteroatoms. The first-order valence-corrected chi connectivity index (χ1v) is 8.10. The summed E-state index contributed by atoms with van der Waals surface area (Å²) in [5, 5.41) is 4.64. The number of nitrogens with two attached hydrogens (primary N) is 1. The Morgan fingerprint density at radius 2 is 2.14 bits per heavy atom. The molecule has 0 radical (unpaired) electrons. The largest absolute Gasteiger partial charge is 0.271 e. The number of nitrogens with zero attached hydrogens (tertiary/aromatic N) is 2. The van der Waals surface area contributed by atoms with E-state index in [1.165, 1.54) is 5.56 Å². The van der Waals surface area contributed by atoms with Gasteiger partial charge in [-0.05, 0) is 43.5 Å². The molecule has 2 aromatic rings. The van der Waals surface area contributed by atoms with E-state index in [9.17, 15) is 0 Å². The normalized spacial score (nSPS) is 14.1. The maximum absolute atomic E-state index is 5.73. The molecule has 2 rings (SSSR count). The number of hydrogen-bond acceptors (Lipinski definition) is 3. The molecule has 21 heavy (non-hydrogen) atoms. The fourth-order valence-electron chi connectivity index (χ4n) is 2.23. The summed E-state index contributed by atoms with van der Waals surface area (Å²) < 4.78 is 3.12. The van der Waals surface area contributed by atoms with E-state index in [2.05, 4.69) is 71.5 Å². The summed E-state index contributed by atoms with van der Waals surface area (Å²) in [7, 11) is 0. The number of aromatic nitrogens is 2. The highest BCUT2D eigenvalue weighted by Crippen LogP contribution is 2.24. The van der Waals surface area contributed by atoms with Crippen molar-refractivity contribution in [1.82, 2.24) is 15.2 Å². The van der Waals surface area contributed by atoms with Gasteiger partial charge in [-0.1, -0.05) is 35.0 Å². The Kier molecular flexibility index (Phi) is 5.56. The monoisotopic (exact) mass is 350 g/mol. The van der Waals surface area contributed by atoms with Crippen molar-refractivity contribution in [2.24, 2.45) is 5.84 Å². The molecule has 4 nitrogen and oxygen atoms in total. The highest BCUT2D eigenvalue weighted by molar-refractivity contribution is 9.10. The van der Waals surface area contributed by atoms with Gasteiger partial charge in [-0.2, -0.15) is 5.10 Å². The predicted octanol–water partition coefficient (Wildman–Crippen LogP) is 3.67. The molecule has 0 spiro atoms. The fraction of sp³-hybridized carbons (Fsp3) is 0.438. The Bertz CT molecular complexity index is 594. The van der Waals surface area contributed by atoms with Crippen molar-refractivity contribution in [2.75, 3.05) is 0 Å². The van der Waals surface area contributed by atoms with Gasteiger partial charge in [0.05, 0.1) is 11.7 Å². The first kappa shape index (κ1) is 16.2. The zero-order valence-corrected chi connectivity index (χ0v) is 14.4.